The van der Waals surface area contributed by atoms with E-state index in [0.29, 0.717) is 34.8 Å². The number of anilines is 1. The zero-order valence-corrected chi connectivity index (χ0v) is 21.9. The monoisotopic (exact) mass is 561 g/mol. The van der Waals surface area contributed by atoms with E-state index in [9.17, 15) is 14.7 Å². The molecule has 0 spiro atoms. The SMILES string of the molecule is O=C1C(=O)N(c2nnc(SCc3ccccc3)s2)C(c2ccccc2F)/C1=C(/O)c1ccc2c(c1)OCCO2. The lowest BCUT2D eigenvalue weighted by Gasteiger charge is -2.23. The molecule has 8 nitrogen and oxygen atoms in total. The Morgan fingerprint density at radius 2 is 1.74 bits per heavy atom. The summed E-state index contributed by atoms with van der Waals surface area (Å²) in [6, 6.07) is 19.1. The minimum Gasteiger partial charge on any atom is -0.507 e. The Labute approximate surface area is 230 Å². The van der Waals surface area contributed by atoms with E-state index in [1.165, 1.54) is 36.0 Å². The first-order valence-electron chi connectivity index (χ1n) is 12.0. The zero-order valence-electron chi connectivity index (χ0n) is 20.2. The number of hydrogen-bond donors (Lipinski definition) is 1. The summed E-state index contributed by atoms with van der Waals surface area (Å²) in [5, 5.41) is 19.8. The number of hydrogen-bond acceptors (Lipinski definition) is 9. The Morgan fingerprint density at radius 3 is 2.54 bits per heavy atom. The Balaban J connectivity index is 1.41. The fourth-order valence-corrected chi connectivity index (χ4v) is 6.27. The van der Waals surface area contributed by atoms with Gasteiger partial charge in [0, 0.05) is 16.9 Å². The van der Waals surface area contributed by atoms with Crippen molar-refractivity contribution < 1.29 is 28.6 Å². The fraction of sp³-hybridized carbons (Fsp3) is 0.143. The minimum atomic E-state index is -1.25. The third kappa shape index (κ3) is 4.75. The van der Waals surface area contributed by atoms with Crippen LogP contribution in [0.5, 0.6) is 11.5 Å². The van der Waals surface area contributed by atoms with Gasteiger partial charge in [0.05, 0.1) is 5.57 Å². The summed E-state index contributed by atoms with van der Waals surface area (Å²) >= 11 is 2.55. The summed E-state index contributed by atoms with van der Waals surface area (Å²) in [5.74, 6) is -1.45. The van der Waals surface area contributed by atoms with Crippen molar-refractivity contribution in [1.29, 1.82) is 0 Å². The van der Waals surface area contributed by atoms with Gasteiger partial charge in [-0.15, -0.1) is 10.2 Å². The molecule has 4 aromatic rings. The number of ketones is 1. The van der Waals surface area contributed by atoms with Gasteiger partial charge >= 0.3 is 5.91 Å². The number of rotatable bonds is 6. The number of fused-ring (bicyclic) bond motifs is 1. The van der Waals surface area contributed by atoms with E-state index in [0.717, 1.165) is 21.8 Å². The molecule has 1 unspecified atom stereocenters. The van der Waals surface area contributed by atoms with E-state index in [1.807, 2.05) is 30.3 Å². The molecular formula is C28H20FN3O5S2. The van der Waals surface area contributed by atoms with Crippen LogP contribution in [0.1, 0.15) is 22.7 Å². The van der Waals surface area contributed by atoms with Crippen LogP contribution in [0.15, 0.2) is 82.7 Å². The molecule has 39 heavy (non-hydrogen) atoms. The molecule has 3 heterocycles. The van der Waals surface area contributed by atoms with E-state index in [1.54, 1.807) is 18.2 Å². The van der Waals surface area contributed by atoms with Crippen LogP contribution in [0.25, 0.3) is 5.76 Å². The van der Waals surface area contributed by atoms with Crippen molar-refractivity contribution in [2.45, 2.75) is 16.1 Å². The Bertz CT molecular complexity index is 1610. The van der Waals surface area contributed by atoms with E-state index in [4.69, 9.17) is 9.47 Å². The zero-order chi connectivity index (χ0) is 26.9. The predicted octanol–water partition coefficient (Wildman–Crippen LogP) is 5.37. The number of aromatic nitrogens is 2. The number of aliphatic hydroxyl groups is 1. The summed E-state index contributed by atoms with van der Waals surface area (Å²) < 4.78 is 26.9. The van der Waals surface area contributed by atoms with Crippen LogP contribution in [0.2, 0.25) is 0 Å². The molecule has 1 amide bonds. The second kappa shape index (κ2) is 10.5. The number of benzene rings is 3. The van der Waals surface area contributed by atoms with Crippen LogP contribution in [0.4, 0.5) is 9.52 Å². The highest BCUT2D eigenvalue weighted by atomic mass is 32.2. The molecule has 196 valence electrons. The normalized spacial score (nSPS) is 18.0. The molecule has 1 N–H and O–H groups in total. The van der Waals surface area contributed by atoms with Gasteiger partial charge in [-0.05, 0) is 29.8 Å². The summed E-state index contributed by atoms with van der Waals surface area (Å²) in [5.41, 5.74) is 1.11. The van der Waals surface area contributed by atoms with Crippen LogP contribution >= 0.6 is 23.1 Å². The third-order valence-electron chi connectivity index (χ3n) is 6.27. The Kier molecular flexibility index (Phi) is 6.76. The lowest BCUT2D eigenvalue weighted by atomic mass is 9.95. The number of aliphatic hydroxyl groups excluding tert-OH is 1. The third-order valence-corrected chi connectivity index (χ3v) is 8.39. The van der Waals surface area contributed by atoms with Gasteiger partial charge in [-0.3, -0.25) is 14.5 Å². The average Bonchev–Trinajstić information content (AvgIpc) is 3.54. The molecular weight excluding hydrogens is 541 g/mol. The van der Waals surface area contributed by atoms with Crippen molar-refractivity contribution in [3.63, 3.8) is 0 Å². The van der Waals surface area contributed by atoms with Crippen molar-refractivity contribution >= 4 is 45.7 Å². The number of Topliss-reactive ketones (excluding diaryl/α,β-unsaturated/α-hetero) is 1. The molecule has 3 aromatic carbocycles. The van der Waals surface area contributed by atoms with Gasteiger partial charge in [0.25, 0.3) is 5.78 Å². The van der Waals surface area contributed by atoms with Gasteiger partial charge in [0.2, 0.25) is 5.13 Å². The van der Waals surface area contributed by atoms with Crippen molar-refractivity contribution in [1.82, 2.24) is 10.2 Å². The van der Waals surface area contributed by atoms with Gasteiger partial charge in [0.1, 0.15) is 30.8 Å². The first-order chi connectivity index (χ1) is 19.0. The molecule has 1 aromatic heterocycles. The van der Waals surface area contributed by atoms with Crippen LogP contribution in [-0.4, -0.2) is 40.2 Å². The summed E-state index contributed by atoms with van der Waals surface area (Å²) in [6.45, 7) is 0.725. The topological polar surface area (TPSA) is 102 Å². The molecule has 1 fully saturated rings. The first kappa shape index (κ1) is 25.1. The summed E-state index contributed by atoms with van der Waals surface area (Å²) in [4.78, 5) is 27.8. The second-order valence-corrected chi connectivity index (χ2v) is 10.9. The van der Waals surface area contributed by atoms with Crippen LogP contribution in [0, 0.1) is 5.82 Å². The van der Waals surface area contributed by atoms with E-state index < -0.39 is 29.3 Å². The van der Waals surface area contributed by atoms with Gasteiger partial charge in [-0.2, -0.15) is 0 Å². The van der Waals surface area contributed by atoms with Crippen molar-refractivity contribution in [2.75, 3.05) is 18.1 Å². The number of ether oxygens (including phenoxy) is 2. The molecule has 0 radical (unpaired) electrons. The van der Waals surface area contributed by atoms with Crippen LogP contribution < -0.4 is 14.4 Å². The fourth-order valence-electron chi connectivity index (χ4n) is 4.44. The van der Waals surface area contributed by atoms with E-state index in [-0.39, 0.29) is 21.8 Å². The number of thioether (sulfide) groups is 1. The van der Waals surface area contributed by atoms with Crippen LogP contribution in [0.3, 0.4) is 0 Å². The quantitative estimate of drug-likeness (QED) is 0.110. The van der Waals surface area contributed by atoms with E-state index in [2.05, 4.69) is 10.2 Å². The minimum absolute atomic E-state index is 0.0458. The predicted molar refractivity (Wildman–Crippen MR) is 145 cm³/mol. The summed E-state index contributed by atoms with van der Waals surface area (Å²) in [6.07, 6.45) is 0. The van der Waals surface area contributed by atoms with Gasteiger partial charge < -0.3 is 14.6 Å². The van der Waals surface area contributed by atoms with Gasteiger partial charge in [-0.25, -0.2) is 4.39 Å². The highest BCUT2D eigenvalue weighted by molar-refractivity contribution is 8.00. The molecule has 2 aliphatic rings. The smallest absolute Gasteiger partial charge is 0.301 e. The molecule has 1 saturated heterocycles. The molecule has 0 aliphatic carbocycles. The molecule has 0 bridgehead atoms. The van der Waals surface area contributed by atoms with Gasteiger partial charge in [-0.1, -0.05) is 71.6 Å². The maximum atomic E-state index is 15.1. The van der Waals surface area contributed by atoms with E-state index >= 15 is 4.39 Å². The first-order valence-corrected chi connectivity index (χ1v) is 13.8. The molecule has 2 aliphatic heterocycles. The molecule has 11 heteroatoms. The number of carbonyl (C=O) groups excluding carboxylic acids is 2. The van der Waals surface area contributed by atoms with Crippen molar-refractivity contribution in [3.05, 3.63) is 101 Å². The lowest BCUT2D eigenvalue weighted by molar-refractivity contribution is -0.132. The maximum Gasteiger partial charge on any atom is 0.301 e. The maximum absolute atomic E-state index is 15.1. The summed E-state index contributed by atoms with van der Waals surface area (Å²) in [7, 11) is 0. The number of amides is 1. The highest BCUT2D eigenvalue weighted by Gasteiger charge is 2.49. The van der Waals surface area contributed by atoms with Crippen molar-refractivity contribution in [3.8, 4) is 11.5 Å². The largest absolute Gasteiger partial charge is 0.507 e. The highest BCUT2D eigenvalue weighted by Crippen LogP contribution is 2.45. The second-order valence-electron chi connectivity index (χ2n) is 8.67. The molecule has 0 saturated carbocycles. The molecule has 6 rings (SSSR count). The molecule has 1 atom stereocenters. The van der Waals surface area contributed by atoms with Crippen molar-refractivity contribution in [2.24, 2.45) is 0 Å². The lowest BCUT2D eigenvalue weighted by Crippen LogP contribution is -2.29. The average molecular weight is 562 g/mol. The number of nitrogens with zero attached hydrogens (tertiary/aromatic N) is 3. The van der Waals surface area contributed by atoms with Crippen LogP contribution in [-0.2, 0) is 15.3 Å². The number of carbonyl (C=O) groups is 2. The Hall–Kier alpha value is -4.22. The standard InChI is InChI=1S/C28H20FN3O5S2/c29-19-9-5-4-8-18(19)23-22(24(33)17-10-11-20-21(14-17)37-13-12-36-20)25(34)26(35)32(23)27-30-31-28(39-27)38-15-16-6-2-1-3-7-16/h1-11,14,23,33H,12-13,15H2/b24-22-. The number of halogens is 1. The van der Waals surface area contributed by atoms with Gasteiger partial charge in [0.15, 0.2) is 15.8 Å². The Morgan fingerprint density at radius 1 is 1.00 bits per heavy atom.